The quantitative estimate of drug-likeness (QED) is 0.786. The Morgan fingerprint density at radius 1 is 1.29 bits per heavy atom. The molecule has 0 aliphatic heterocycles. The second-order valence-corrected chi connectivity index (χ2v) is 3.81. The van der Waals surface area contributed by atoms with Crippen molar-refractivity contribution in [2.45, 2.75) is 6.54 Å². The van der Waals surface area contributed by atoms with Crippen molar-refractivity contribution in [1.29, 1.82) is 0 Å². The number of hydrogen-bond acceptors (Lipinski definition) is 5. The lowest BCUT2D eigenvalue weighted by atomic mass is 10.3. The van der Waals surface area contributed by atoms with Crippen molar-refractivity contribution in [2.75, 3.05) is 5.32 Å². The van der Waals surface area contributed by atoms with Crippen LogP contribution in [0.4, 0.5) is 5.82 Å². The molecule has 2 heterocycles. The molecule has 0 atom stereocenters. The first kappa shape index (κ1) is 11.4. The number of thiocarbonyl (C=S) groups is 1. The van der Waals surface area contributed by atoms with Crippen LogP contribution in [0, 0.1) is 0 Å². The van der Waals surface area contributed by atoms with E-state index in [4.69, 9.17) is 18.0 Å². The fraction of sp³-hybridized carbons (Fsp3) is 0.0909. The molecular weight excluding hydrogens is 234 g/mol. The van der Waals surface area contributed by atoms with Crippen molar-refractivity contribution in [3.05, 3.63) is 48.2 Å². The number of nitrogens with zero attached hydrogens (tertiary/aromatic N) is 3. The van der Waals surface area contributed by atoms with Crippen molar-refractivity contribution in [3.8, 4) is 0 Å². The van der Waals surface area contributed by atoms with E-state index in [9.17, 15) is 0 Å². The number of rotatable bonds is 4. The third-order valence-corrected chi connectivity index (χ3v) is 2.31. The maximum atomic E-state index is 5.43. The Morgan fingerprint density at radius 3 is 2.76 bits per heavy atom. The zero-order valence-corrected chi connectivity index (χ0v) is 9.81. The highest BCUT2D eigenvalue weighted by atomic mass is 32.1. The van der Waals surface area contributed by atoms with E-state index in [1.165, 1.54) is 0 Å². The van der Waals surface area contributed by atoms with Gasteiger partial charge in [-0.2, -0.15) is 0 Å². The first-order valence-corrected chi connectivity index (χ1v) is 5.41. The fourth-order valence-corrected chi connectivity index (χ4v) is 1.35. The van der Waals surface area contributed by atoms with E-state index >= 15 is 0 Å². The van der Waals surface area contributed by atoms with Crippen molar-refractivity contribution in [1.82, 2.24) is 15.0 Å². The van der Waals surface area contributed by atoms with Crippen molar-refractivity contribution < 1.29 is 0 Å². The van der Waals surface area contributed by atoms with Gasteiger partial charge in [-0.1, -0.05) is 18.3 Å². The molecule has 0 aliphatic rings. The Morgan fingerprint density at radius 2 is 2.18 bits per heavy atom. The summed E-state index contributed by atoms with van der Waals surface area (Å²) in [7, 11) is 0. The Balaban J connectivity index is 1.98. The van der Waals surface area contributed by atoms with Crippen molar-refractivity contribution in [2.24, 2.45) is 5.73 Å². The van der Waals surface area contributed by atoms with Crippen LogP contribution in [0.1, 0.15) is 11.3 Å². The molecule has 2 aromatic heterocycles. The highest BCUT2D eigenvalue weighted by Crippen LogP contribution is 2.04. The average Bonchev–Trinajstić information content (AvgIpc) is 2.38. The van der Waals surface area contributed by atoms with Gasteiger partial charge in [-0.3, -0.25) is 4.98 Å². The number of nitrogens with one attached hydrogen (secondary N) is 1. The lowest BCUT2D eigenvalue weighted by molar-refractivity contribution is 1.06. The maximum Gasteiger partial charge on any atom is 0.144 e. The Bertz CT molecular complexity index is 497. The summed E-state index contributed by atoms with van der Waals surface area (Å²) in [6.07, 6.45) is 6.68. The maximum absolute atomic E-state index is 5.43. The summed E-state index contributed by atoms with van der Waals surface area (Å²) in [5.74, 6) is 0.675. The zero-order valence-electron chi connectivity index (χ0n) is 9.00. The summed E-state index contributed by atoms with van der Waals surface area (Å²) < 4.78 is 0. The average molecular weight is 245 g/mol. The van der Waals surface area contributed by atoms with E-state index in [2.05, 4.69) is 20.3 Å². The van der Waals surface area contributed by atoms with Crippen LogP contribution in [0.2, 0.25) is 0 Å². The molecule has 17 heavy (non-hydrogen) atoms. The summed E-state index contributed by atoms with van der Waals surface area (Å²) >= 11 is 4.79. The molecule has 0 unspecified atom stereocenters. The number of anilines is 1. The normalized spacial score (nSPS) is 9.88. The topological polar surface area (TPSA) is 76.7 Å². The third kappa shape index (κ3) is 3.18. The first-order valence-electron chi connectivity index (χ1n) is 5.00. The van der Waals surface area contributed by atoms with Crippen molar-refractivity contribution in [3.63, 3.8) is 0 Å². The SMILES string of the molecule is NC(=S)c1cnc(NCc2cccnc2)cn1. The molecule has 0 bridgehead atoms. The summed E-state index contributed by atoms with van der Waals surface area (Å²) in [6, 6.07) is 3.87. The molecule has 5 nitrogen and oxygen atoms in total. The number of hydrogen-bond donors (Lipinski definition) is 2. The lowest BCUT2D eigenvalue weighted by Crippen LogP contribution is -2.12. The monoisotopic (exact) mass is 245 g/mol. The van der Waals surface area contributed by atoms with Gasteiger partial charge in [0, 0.05) is 18.9 Å². The van der Waals surface area contributed by atoms with E-state index in [0.29, 0.717) is 18.1 Å². The fourth-order valence-electron chi connectivity index (χ4n) is 1.24. The number of aromatic nitrogens is 3. The van der Waals surface area contributed by atoms with Gasteiger partial charge in [0.05, 0.1) is 12.4 Å². The van der Waals surface area contributed by atoms with E-state index in [1.54, 1.807) is 24.8 Å². The molecule has 0 aromatic carbocycles. The van der Waals surface area contributed by atoms with Crippen LogP contribution < -0.4 is 11.1 Å². The highest BCUT2D eigenvalue weighted by molar-refractivity contribution is 7.80. The lowest BCUT2D eigenvalue weighted by Gasteiger charge is -2.05. The van der Waals surface area contributed by atoms with Gasteiger partial charge in [-0.05, 0) is 11.6 Å². The van der Waals surface area contributed by atoms with Crippen LogP contribution >= 0.6 is 12.2 Å². The van der Waals surface area contributed by atoms with Crippen LogP contribution in [-0.4, -0.2) is 19.9 Å². The third-order valence-electron chi connectivity index (χ3n) is 2.10. The molecule has 3 N–H and O–H groups in total. The smallest absolute Gasteiger partial charge is 0.144 e. The Kier molecular flexibility index (Phi) is 3.56. The molecule has 0 saturated carbocycles. The van der Waals surface area contributed by atoms with Crippen molar-refractivity contribution >= 4 is 23.0 Å². The molecule has 6 heteroatoms. The molecule has 0 aliphatic carbocycles. The summed E-state index contributed by atoms with van der Waals surface area (Å²) in [5, 5.41) is 3.13. The molecule has 0 fully saturated rings. The molecular formula is C11H11N5S. The van der Waals surface area contributed by atoms with Gasteiger partial charge in [0.1, 0.15) is 16.5 Å². The number of pyridine rings is 1. The van der Waals surface area contributed by atoms with E-state index in [0.717, 1.165) is 5.56 Å². The number of nitrogens with two attached hydrogens (primary N) is 1. The van der Waals surface area contributed by atoms with Gasteiger partial charge >= 0.3 is 0 Å². The van der Waals surface area contributed by atoms with Crippen LogP contribution in [0.5, 0.6) is 0 Å². The van der Waals surface area contributed by atoms with Gasteiger partial charge in [0.15, 0.2) is 0 Å². The molecule has 0 saturated heterocycles. The van der Waals surface area contributed by atoms with Gasteiger partial charge < -0.3 is 11.1 Å². The van der Waals surface area contributed by atoms with E-state index < -0.39 is 0 Å². The molecule has 2 rings (SSSR count). The molecule has 0 spiro atoms. The summed E-state index contributed by atoms with van der Waals surface area (Å²) in [6.45, 7) is 0.648. The molecule has 2 aromatic rings. The van der Waals surface area contributed by atoms with Gasteiger partial charge in [-0.15, -0.1) is 0 Å². The summed E-state index contributed by atoms with van der Waals surface area (Å²) in [5.41, 5.74) is 7.03. The van der Waals surface area contributed by atoms with Gasteiger partial charge in [-0.25, -0.2) is 9.97 Å². The zero-order chi connectivity index (χ0) is 12.1. The summed E-state index contributed by atoms with van der Waals surface area (Å²) in [4.78, 5) is 12.5. The van der Waals surface area contributed by atoms with E-state index in [1.807, 2.05) is 12.1 Å². The van der Waals surface area contributed by atoms with Gasteiger partial charge in [0.25, 0.3) is 0 Å². The minimum absolute atomic E-state index is 0.247. The molecule has 0 amide bonds. The Hall–Kier alpha value is -2.08. The van der Waals surface area contributed by atoms with Crippen LogP contribution in [-0.2, 0) is 6.54 Å². The van der Waals surface area contributed by atoms with Crippen LogP contribution in [0.3, 0.4) is 0 Å². The predicted octanol–water partition coefficient (Wildman–Crippen LogP) is 1.12. The minimum Gasteiger partial charge on any atom is -0.388 e. The van der Waals surface area contributed by atoms with Crippen LogP contribution in [0.15, 0.2) is 36.9 Å². The highest BCUT2D eigenvalue weighted by Gasteiger charge is 1.99. The molecule has 86 valence electrons. The molecule has 0 radical (unpaired) electrons. The minimum atomic E-state index is 0.247. The second kappa shape index (κ2) is 5.31. The van der Waals surface area contributed by atoms with Gasteiger partial charge in [0.2, 0.25) is 0 Å². The first-order chi connectivity index (χ1) is 8.25. The Labute approximate surface area is 104 Å². The predicted molar refractivity (Wildman–Crippen MR) is 69.5 cm³/mol. The van der Waals surface area contributed by atoms with Crippen LogP contribution in [0.25, 0.3) is 0 Å². The second-order valence-electron chi connectivity index (χ2n) is 3.37. The standard InChI is InChI=1S/C11H11N5S/c12-11(17)9-6-16-10(7-14-9)15-5-8-2-1-3-13-4-8/h1-4,6-7H,5H2,(H2,12,17)(H,15,16). The van der Waals surface area contributed by atoms with E-state index in [-0.39, 0.29) is 4.99 Å². The largest absolute Gasteiger partial charge is 0.388 e.